The van der Waals surface area contributed by atoms with Crippen LogP contribution in [-0.4, -0.2) is 41.5 Å². The first-order valence-corrected chi connectivity index (χ1v) is 7.66. The Labute approximate surface area is 133 Å². The molecule has 0 bridgehead atoms. The van der Waals surface area contributed by atoms with Crippen molar-refractivity contribution < 1.29 is 18.5 Å². The summed E-state index contributed by atoms with van der Waals surface area (Å²) in [6, 6.07) is 1.68. The molecule has 1 saturated heterocycles. The summed E-state index contributed by atoms with van der Waals surface area (Å²) in [6.45, 7) is 3.69. The Hall–Kier alpha value is -2.57. The van der Waals surface area contributed by atoms with E-state index in [1.54, 1.807) is 13.0 Å². The molecule has 0 aromatic carbocycles. The minimum Gasteiger partial charge on any atom is -0.472 e. The largest absolute Gasteiger partial charge is 0.472 e. The smallest absolute Gasteiger partial charge is 0.257 e. The monoisotopic (exact) mass is 317 g/mol. The fourth-order valence-electron chi connectivity index (χ4n) is 2.76. The maximum Gasteiger partial charge on any atom is 0.257 e. The Morgan fingerprint density at radius 1 is 1.39 bits per heavy atom. The van der Waals surface area contributed by atoms with Crippen LogP contribution >= 0.6 is 0 Å². The van der Waals surface area contributed by atoms with Crippen LogP contribution in [0.15, 0.2) is 33.7 Å². The van der Waals surface area contributed by atoms with E-state index in [9.17, 15) is 9.59 Å². The number of nitrogens with zero attached hydrogens (tertiary/aromatic N) is 2. The Balaban J connectivity index is 1.45. The highest BCUT2D eigenvalue weighted by molar-refractivity contribution is 5.95. The van der Waals surface area contributed by atoms with Gasteiger partial charge in [0.2, 0.25) is 0 Å². The summed E-state index contributed by atoms with van der Waals surface area (Å²) in [6.07, 6.45) is 6.13. The maximum atomic E-state index is 12.2. The van der Waals surface area contributed by atoms with E-state index in [0.29, 0.717) is 42.4 Å². The zero-order valence-corrected chi connectivity index (χ0v) is 12.9. The molecule has 7 heteroatoms. The van der Waals surface area contributed by atoms with E-state index in [-0.39, 0.29) is 11.8 Å². The number of amides is 2. The molecule has 0 saturated carbocycles. The number of hydrogen-bond donors (Lipinski definition) is 1. The van der Waals surface area contributed by atoms with Crippen molar-refractivity contribution in [1.29, 1.82) is 0 Å². The lowest BCUT2D eigenvalue weighted by Crippen LogP contribution is -2.41. The van der Waals surface area contributed by atoms with E-state index in [2.05, 4.69) is 10.5 Å². The molecule has 0 radical (unpaired) electrons. The molecule has 1 aliphatic heterocycles. The molecule has 0 atom stereocenters. The highest BCUT2D eigenvalue weighted by Gasteiger charge is 2.24. The second kappa shape index (κ2) is 6.68. The summed E-state index contributed by atoms with van der Waals surface area (Å²) in [7, 11) is 0. The van der Waals surface area contributed by atoms with Gasteiger partial charge in [-0.2, -0.15) is 0 Å². The summed E-state index contributed by atoms with van der Waals surface area (Å²) in [5.74, 6) is 0.720. The molecule has 1 aliphatic rings. The van der Waals surface area contributed by atoms with Crippen molar-refractivity contribution in [2.75, 3.05) is 19.6 Å². The molecule has 0 unspecified atom stereocenters. The second-order valence-corrected chi connectivity index (χ2v) is 5.75. The summed E-state index contributed by atoms with van der Waals surface area (Å²) >= 11 is 0. The van der Waals surface area contributed by atoms with Gasteiger partial charge in [-0.25, -0.2) is 0 Å². The van der Waals surface area contributed by atoms with Crippen LogP contribution in [0, 0.1) is 12.8 Å². The lowest BCUT2D eigenvalue weighted by atomic mass is 9.96. The first kappa shape index (κ1) is 15.3. The van der Waals surface area contributed by atoms with Crippen molar-refractivity contribution in [3.8, 4) is 0 Å². The predicted molar refractivity (Wildman–Crippen MR) is 80.9 cm³/mol. The first-order valence-electron chi connectivity index (χ1n) is 7.66. The van der Waals surface area contributed by atoms with Gasteiger partial charge in [0.1, 0.15) is 17.6 Å². The molecule has 0 aliphatic carbocycles. The molecule has 3 heterocycles. The molecular weight excluding hydrogens is 298 g/mol. The van der Waals surface area contributed by atoms with Crippen molar-refractivity contribution >= 4 is 11.8 Å². The van der Waals surface area contributed by atoms with E-state index in [4.69, 9.17) is 8.94 Å². The number of rotatable bonds is 4. The van der Waals surface area contributed by atoms with Gasteiger partial charge >= 0.3 is 0 Å². The molecule has 1 N–H and O–H groups in total. The third-order valence-corrected chi connectivity index (χ3v) is 4.22. The number of hydrogen-bond acceptors (Lipinski definition) is 5. The van der Waals surface area contributed by atoms with E-state index >= 15 is 0 Å². The number of aryl methyl sites for hydroxylation is 1. The number of likely N-dealkylation sites (tertiary alicyclic amines) is 1. The van der Waals surface area contributed by atoms with Crippen molar-refractivity contribution in [2.45, 2.75) is 19.8 Å². The van der Waals surface area contributed by atoms with Crippen LogP contribution in [0.1, 0.15) is 39.3 Å². The highest BCUT2D eigenvalue weighted by Crippen LogP contribution is 2.19. The molecule has 3 rings (SSSR count). The lowest BCUT2D eigenvalue weighted by molar-refractivity contribution is 0.0683. The maximum absolute atomic E-state index is 12.2. The highest BCUT2D eigenvalue weighted by atomic mass is 16.5. The van der Waals surface area contributed by atoms with Gasteiger partial charge in [0.25, 0.3) is 11.8 Å². The zero-order valence-electron chi connectivity index (χ0n) is 12.9. The van der Waals surface area contributed by atoms with Gasteiger partial charge in [0.05, 0.1) is 18.0 Å². The molecule has 2 aromatic rings. The topological polar surface area (TPSA) is 88.6 Å². The van der Waals surface area contributed by atoms with Crippen LogP contribution in [0.3, 0.4) is 0 Å². The molecule has 0 spiro atoms. The van der Waals surface area contributed by atoms with Crippen LogP contribution in [-0.2, 0) is 0 Å². The number of nitrogens with one attached hydrogen (secondary N) is 1. The van der Waals surface area contributed by atoms with Gasteiger partial charge in [-0.05, 0) is 31.7 Å². The molecular formula is C16H19N3O4. The Kier molecular flexibility index (Phi) is 4.45. The van der Waals surface area contributed by atoms with Crippen LogP contribution in [0.4, 0.5) is 0 Å². The van der Waals surface area contributed by atoms with Gasteiger partial charge in [0, 0.05) is 19.6 Å². The fourth-order valence-corrected chi connectivity index (χ4v) is 2.76. The number of furan rings is 1. The van der Waals surface area contributed by atoms with Crippen LogP contribution in [0.2, 0.25) is 0 Å². The van der Waals surface area contributed by atoms with Gasteiger partial charge in [-0.1, -0.05) is 5.16 Å². The van der Waals surface area contributed by atoms with Crippen LogP contribution < -0.4 is 5.32 Å². The van der Waals surface area contributed by atoms with E-state index in [1.807, 2.05) is 4.90 Å². The number of carbonyl (C=O) groups is 2. The summed E-state index contributed by atoms with van der Waals surface area (Å²) < 4.78 is 9.84. The van der Waals surface area contributed by atoms with Gasteiger partial charge < -0.3 is 19.2 Å². The van der Waals surface area contributed by atoms with Crippen molar-refractivity contribution in [3.63, 3.8) is 0 Å². The Morgan fingerprint density at radius 2 is 2.17 bits per heavy atom. The minimum atomic E-state index is -0.166. The van der Waals surface area contributed by atoms with Crippen molar-refractivity contribution in [1.82, 2.24) is 15.4 Å². The Morgan fingerprint density at radius 3 is 2.78 bits per heavy atom. The third kappa shape index (κ3) is 3.44. The van der Waals surface area contributed by atoms with Gasteiger partial charge in [-0.3, -0.25) is 9.59 Å². The molecule has 23 heavy (non-hydrogen) atoms. The molecule has 2 amide bonds. The average molecular weight is 317 g/mol. The van der Waals surface area contributed by atoms with E-state index in [1.165, 1.54) is 18.7 Å². The molecule has 122 valence electrons. The second-order valence-electron chi connectivity index (χ2n) is 5.75. The standard InChI is InChI=1S/C16H19N3O4/c1-11-14(9-18-23-11)15(20)17-8-12-2-5-19(6-3-12)16(21)13-4-7-22-10-13/h4,7,9-10,12H,2-3,5-6,8H2,1H3,(H,17,20). The summed E-state index contributed by atoms with van der Waals surface area (Å²) in [5, 5.41) is 6.51. The van der Waals surface area contributed by atoms with Gasteiger partial charge in [0.15, 0.2) is 0 Å². The van der Waals surface area contributed by atoms with Crippen molar-refractivity contribution in [3.05, 3.63) is 41.7 Å². The van der Waals surface area contributed by atoms with Crippen molar-refractivity contribution in [2.24, 2.45) is 5.92 Å². The zero-order chi connectivity index (χ0) is 16.2. The average Bonchev–Trinajstić information content (AvgIpc) is 3.24. The van der Waals surface area contributed by atoms with Crippen LogP contribution in [0.5, 0.6) is 0 Å². The molecule has 7 nitrogen and oxygen atoms in total. The number of piperidine rings is 1. The molecule has 2 aromatic heterocycles. The fraction of sp³-hybridized carbons (Fsp3) is 0.438. The lowest BCUT2D eigenvalue weighted by Gasteiger charge is -2.31. The normalized spacial score (nSPS) is 15.6. The minimum absolute atomic E-state index is 0.00123. The van der Waals surface area contributed by atoms with E-state index in [0.717, 1.165) is 12.8 Å². The third-order valence-electron chi connectivity index (χ3n) is 4.22. The molecule has 1 fully saturated rings. The first-order chi connectivity index (χ1) is 11.1. The summed E-state index contributed by atoms with van der Waals surface area (Å²) in [4.78, 5) is 26.0. The van der Waals surface area contributed by atoms with Gasteiger partial charge in [-0.15, -0.1) is 0 Å². The van der Waals surface area contributed by atoms with Crippen LogP contribution in [0.25, 0.3) is 0 Å². The number of aromatic nitrogens is 1. The van der Waals surface area contributed by atoms with E-state index < -0.39 is 0 Å². The Bertz CT molecular complexity index is 669. The number of carbonyl (C=O) groups excluding carboxylic acids is 2. The summed E-state index contributed by atoms with van der Waals surface area (Å²) in [5.41, 5.74) is 1.05. The predicted octanol–water partition coefficient (Wildman–Crippen LogP) is 1.86. The quantitative estimate of drug-likeness (QED) is 0.929. The SMILES string of the molecule is Cc1oncc1C(=O)NCC1CCN(C(=O)c2ccoc2)CC1.